The van der Waals surface area contributed by atoms with Crippen LogP contribution in [0.25, 0.3) is 0 Å². The molecule has 3 aromatic carbocycles. The Balaban J connectivity index is 1.67. The molecule has 3 aromatic rings. The first-order valence-electron chi connectivity index (χ1n) is 10.5. The summed E-state index contributed by atoms with van der Waals surface area (Å²) in [6.45, 7) is 1.89. The van der Waals surface area contributed by atoms with Crippen molar-refractivity contribution in [3.63, 3.8) is 0 Å². The zero-order valence-corrected chi connectivity index (χ0v) is 20.2. The highest BCUT2D eigenvalue weighted by Gasteiger charge is 2.28. The summed E-state index contributed by atoms with van der Waals surface area (Å²) in [5.74, 6) is 0.960. The van der Waals surface area contributed by atoms with E-state index in [1.54, 1.807) is 30.0 Å². The highest BCUT2D eigenvalue weighted by atomic mass is 32.2. The molecular weight excluding hydrogens is 474 g/mol. The molecule has 3 rings (SSSR count). The number of thioether (sulfide) groups is 1. The minimum Gasteiger partial charge on any atom is -0.354 e. The van der Waals surface area contributed by atoms with Crippen LogP contribution >= 0.6 is 11.8 Å². The molecule has 0 aliphatic carbocycles. The fraction of sp³-hybridized carbons (Fsp3) is 0.208. The number of nitrogens with one attached hydrogen (secondary N) is 1. The first-order chi connectivity index (χ1) is 16.3. The predicted octanol–water partition coefficient (Wildman–Crippen LogP) is 4.15. The third-order valence-electron chi connectivity index (χ3n) is 4.90. The minimum atomic E-state index is -4.12. The number of amides is 1. The Morgan fingerprint density at radius 1 is 1.03 bits per heavy atom. The summed E-state index contributed by atoms with van der Waals surface area (Å²) in [6, 6.07) is 21.1. The summed E-state index contributed by atoms with van der Waals surface area (Å²) in [4.78, 5) is 23.2. The second kappa shape index (κ2) is 11.7. The SMILES string of the molecule is Cc1ccc(CSCCNC(=O)CN(c2cccc([N+](=O)[O-])c2)S(=O)(=O)c2ccccc2)cc1. The number of nitro benzene ring substituents is 1. The average Bonchev–Trinajstić information content (AvgIpc) is 2.84. The van der Waals surface area contributed by atoms with Gasteiger partial charge < -0.3 is 5.32 Å². The first kappa shape index (κ1) is 25.3. The number of nitrogens with zero attached hydrogens (tertiary/aromatic N) is 2. The molecule has 0 spiro atoms. The zero-order valence-electron chi connectivity index (χ0n) is 18.6. The van der Waals surface area contributed by atoms with Crippen molar-refractivity contribution in [2.75, 3.05) is 23.1 Å². The summed E-state index contributed by atoms with van der Waals surface area (Å²) in [5.41, 5.74) is 2.16. The number of benzene rings is 3. The lowest BCUT2D eigenvalue weighted by Crippen LogP contribution is -2.41. The van der Waals surface area contributed by atoms with Crippen LogP contribution in [-0.4, -0.2) is 38.1 Å². The molecule has 0 aliphatic heterocycles. The number of carbonyl (C=O) groups is 1. The van der Waals surface area contributed by atoms with Crippen LogP contribution in [-0.2, 0) is 20.6 Å². The molecule has 0 bridgehead atoms. The fourth-order valence-corrected chi connectivity index (χ4v) is 5.37. The van der Waals surface area contributed by atoms with Crippen LogP contribution < -0.4 is 9.62 Å². The van der Waals surface area contributed by atoms with E-state index in [1.165, 1.54) is 41.5 Å². The van der Waals surface area contributed by atoms with E-state index in [9.17, 15) is 23.3 Å². The largest absolute Gasteiger partial charge is 0.354 e. The van der Waals surface area contributed by atoms with Gasteiger partial charge in [-0.15, -0.1) is 0 Å². The van der Waals surface area contributed by atoms with Gasteiger partial charge in [-0.25, -0.2) is 8.42 Å². The van der Waals surface area contributed by atoms with Crippen LogP contribution in [0.1, 0.15) is 11.1 Å². The van der Waals surface area contributed by atoms with E-state index in [1.807, 2.05) is 19.1 Å². The highest BCUT2D eigenvalue weighted by Crippen LogP contribution is 2.26. The Bertz CT molecular complexity index is 1230. The molecule has 10 heteroatoms. The Labute approximate surface area is 203 Å². The van der Waals surface area contributed by atoms with E-state index in [0.29, 0.717) is 12.3 Å². The van der Waals surface area contributed by atoms with Crippen molar-refractivity contribution in [1.29, 1.82) is 0 Å². The van der Waals surface area contributed by atoms with Gasteiger partial charge in [0.2, 0.25) is 5.91 Å². The van der Waals surface area contributed by atoms with E-state index >= 15 is 0 Å². The molecule has 0 saturated heterocycles. The summed E-state index contributed by atoms with van der Waals surface area (Å²) in [6.07, 6.45) is 0. The minimum absolute atomic E-state index is 0.0111. The number of non-ortho nitro benzene ring substituents is 1. The van der Waals surface area contributed by atoms with Gasteiger partial charge >= 0.3 is 0 Å². The summed E-state index contributed by atoms with van der Waals surface area (Å²) >= 11 is 1.66. The molecule has 34 heavy (non-hydrogen) atoms. The van der Waals surface area contributed by atoms with Gasteiger partial charge in [-0.2, -0.15) is 11.8 Å². The van der Waals surface area contributed by atoms with Gasteiger partial charge in [0.05, 0.1) is 15.5 Å². The van der Waals surface area contributed by atoms with Gasteiger partial charge in [-0.1, -0.05) is 54.1 Å². The van der Waals surface area contributed by atoms with E-state index in [2.05, 4.69) is 17.4 Å². The molecule has 0 aliphatic rings. The van der Waals surface area contributed by atoms with Crippen LogP contribution in [0.2, 0.25) is 0 Å². The van der Waals surface area contributed by atoms with Crippen LogP contribution in [0, 0.1) is 17.0 Å². The molecule has 0 saturated carbocycles. The fourth-order valence-electron chi connectivity index (χ4n) is 3.12. The molecule has 0 radical (unpaired) electrons. The number of hydrogen-bond acceptors (Lipinski definition) is 6. The van der Waals surface area contributed by atoms with Gasteiger partial charge in [0, 0.05) is 30.2 Å². The Kier molecular flexibility index (Phi) is 8.67. The second-order valence-corrected chi connectivity index (χ2v) is 10.5. The van der Waals surface area contributed by atoms with Crippen LogP contribution in [0.15, 0.2) is 83.8 Å². The molecule has 178 valence electrons. The predicted molar refractivity (Wildman–Crippen MR) is 134 cm³/mol. The maximum absolute atomic E-state index is 13.3. The van der Waals surface area contributed by atoms with Crippen molar-refractivity contribution in [2.45, 2.75) is 17.6 Å². The van der Waals surface area contributed by atoms with Gasteiger partial charge in [-0.05, 0) is 30.7 Å². The van der Waals surface area contributed by atoms with Crippen molar-refractivity contribution >= 4 is 39.1 Å². The van der Waals surface area contributed by atoms with E-state index in [-0.39, 0.29) is 16.3 Å². The van der Waals surface area contributed by atoms with Crippen molar-refractivity contribution < 1.29 is 18.1 Å². The van der Waals surface area contributed by atoms with Crippen LogP contribution in [0.5, 0.6) is 0 Å². The average molecular weight is 500 g/mol. The zero-order chi connectivity index (χ0) is 24.6. The number of rotatable bonds is 11. The van der Waals surface area contributed by atoms with Crippen molar-refractivity contribution in [3.8, 4) is 0 Å². The molecule has 0 fully saturated rings. The van der Waals surface area contributed by atoms with Gasteiger partial charge in [0.25, 0.3) is 15.7 Å². The van der Waals surface area contributed by atoms with Gasteiger partial charge in [0.15, 0.2) is 0 Å². The maximum Gasteiger partial charge on any atom is 0.271 e. The Morgan fingerprint density at radius 2 is 1.74 bits per heavy atom. The lowest BCUT2D eigenvalue weighted by atomic mass is 10.2. The smallest absolute Gasteiger partial charge is 0.271 e. The normalized spacial score (nSPS) is 11.1. The number of nitro groups is 1. The summed E-state index contributed by atoms with van der Waals surface area (Å²) < 4.78 is 27.4. The quantitative estimate of drug-likeness (QED) is 0.241. The Morgan fingerprint density at radius 3 is 2.41 bits per heavy atom. The number of hydrogen-bond donors (Lipinski definition) is 1. The highest BCUT2D eigenvalue weighted by molar-refractivity contribution is 7.98. The van der Waals surface area contributed by atoms with Crippen molar-refractivity contribution in [3.05, 3.63) is 100 Å². The molecule has 0 unspecified atom stereocenters. The molecule has 0 heterocycles. The number of sulfonamides is 1. The van der Waals surface area contributed by atoms with E-state index in [4.69, 9.17) is 0 Å². The maximum atomic E-state index is 13.3. The summed E-state index contributed by atoms with van der Waals surface area (Å²) in [5, 5.41) is 13.9. The molecular formula is C24H25N3O5S2. The molecule has 0 atom stereocenters. The Hall–Kier alpha value is -3.37. The monoisotopic (exact) mass is 499 g/mol. The third kappa shape index (κ3) is 6.82. The van der Waals surface area contributed by atoms with E-state index in [0.717, 1.165) is 16.1 Å². The van der Waals surface area contributed by atoms with Crippen molar-refractivity contribution in [2.24, 2.45) is 0 Å². The second-order valence-electron chi connectivity index (χ2n) is 7.49. The van der Waals surface area contributed by atoms with Crippen LogP contribution in [0.3, 0.4) is 0 Å². The number of carbonyl (C=O) groups excluding carboxylic acids is 1. The van der Waals surface area contributed by atoms with Crippen LogP contribution in [0.4, 0.5) is 11.4 Å². The molecule has 1 amide bonds. The van der Waals surface area contributed by atoms with E-state index < -0.39 is 27.4 Å². The molecule has 8 nitrogen and oxygen atoms in total. The molecule has 1 N–H and O–H groups in total. The molecule has 0 aromatic heterocycles. The topological polar surface area (TPSA) is 110 Å². The lowest BCUT2D eigenvalue weighted by Gasteiger charge is -2.24. The van der Waals surface area contributed by atoms with Crippen molar-refractivity contribution in [1.82, 2.24) is 5.32 Å². The number of anilines is 1. The first-order valence-corrected chi connectivity index (χ1v) is 13.1. The standard InChI is InChI=1S/C24H25N3O5S2/c1-19-10-12-20(13-11-19)18-33-15-14-25-24(28)17-26(21-6-5-7-22(16-21)27(29)30)34(31,32)23-8-3-2-4-9-23/h2-13,16H,14-15,17-18H2,1H3,(H,25,28). The summed E-state index contributed by atoms with van der Waals surface area (Å²) in [7, 11) is -4.12. The third-order valence-corrected chi connectivity index (χ3v) is 7.72. The lowest BCUT2D eigenvalue weighted by molar-refractivity contribution is -0.384. The van der Waals surface area contributed by atoms with Gasteiger partial charge in [0.1, 0.15) is 6.54 Å². The van der Waals surface area contributed by atoms with Gasteiger partial charge in [-0.3, -0.25) is 19.2 Å². The number of aryl methyl sites for hydroxylation is 1.